The molecule has 2 aromatic rings. The summed E-state index contributed by atoms with van der Waals surface area (Å²) in [6.07, 6.45) is 6.15. The van der Waals surface area contributed by atoms with E-state index in [-0.39, 0.29) is 24.2 Å². The van der Waals surface area contributed by atoms with Gasteiger partial charge in [-0.1, -0.05) is 11.6 Å². The zero-order chi connectivity index (χ0) is 23.8. The number of anilines is 1. The Morgan fingerprint density at radius 3 is 2.30 bits per heavy atom. The van der Waals surface area contributed by atoms with Crippen molar-refractivity contribution in [3.05, 3.63) is 46.9 Å². The molecule has 2 aliphatic heterocycles. The summed E-state index contributed by atoms with van der Waals surface area (Å²) >= 11 is 5.80. The molecule has 0 N–H and O–H groups in total. The summed E-state index contributed by atoms with van der Waals surface area (Å²) in [7, 11) is -3.75. The van der Waals surface area contributed by atoms with Crippen LogP contribution in [0, 0.1) is 11.6 Å². The quantitative estimate of drug-likeness (QED) is 0.628. The number of amides is 2. The van der Waals surface area contributed by atoms with Gasteiger partial charge in [0.15, 0.2) is 9.84 Å². The van der Waals surface area contributed by atoms with Crippen molar-refractivity contribution in [3.8, 4) is 0 Å². The van der Waals surface area contributed by atoms with Gasteiger partial charge in [-0.15, -0.1) is 0 Å². The van der Waals surface area contributed by atoms with Gasteiger partial charge < -0.3 is 14.7 Å². The van der Waals surface area contributed by atoms with E-state index in [1.807, 2.05) is 0 Å². The van der Waals surface area contributed by atoms with Gasteiger partial charge in [0.25, 0.3) is 0 Å². The highest BCUT2D eigenvalue weighted by Crippen LogP contribution is 2.26. The summed E-state index contributed by atoms with van der Waals surface area (Å²) in [5.74, 6) is -1.22. The molecule has 0 unspecified atom stereocenters. The first kappa shape index (κ1) is 23.6. The lowest BCUT2D eigenvalue weighted by atomic mass is 10.0. The lowest BCUT2D eigenvalue weighted by Crippen LogP contribution is -2.55. The van der Waals surface area contributed by atoms with Gasteiger partial charge in [-0.25, -0.2) is 32.0 Å². The van der Waals surface area contributed by atoms with E-state index in [1.54, 1.807) is 11.1 Å². The van der Waals surface area contributed by atoms with E-state index in [0.29, 0.717) is 37.8 Å². The maximum absolute atomic E-state index is 14.5. The second-order valence-electron chi connectivity index (χ2n) is 8.30. The van der Waals surface area contributed by atoms with Crippen LogP contribution in [0.3, 0.4) is 0 Å². The second kappa shape index (κ2) is 9.38. The lowest BCUT2D eigenvalue weighted by molar-refractivity contribution is 0.0964. The highest BCUT2D eigenvalue weighted by molar-refractivity contribution is 7.90. The van der Waals surface area contributed by atoms with Crippen molar-refractivity contribution in [1.29, 1.82) is 0 Å². The third-order valence-corrected chi connectivity index (χ3v) is 7.36. The minimum Gasteiger partial charge on any atom is -0.355 e. The highest BCUT2D eigenvalue weighted by atomic mass is 35.5. The number of hydrogen-bond donors (Lipinski definition) is 0. The molecular weight excluding hydrogens is 476 g/mol. The van der Waals surface area contributed by atoms with Crippen LogP contribution in [0.5, 0.6) is 0 Å². The first-order valence-electron chi connectivity index (χ1n) is 10.6. The molecule has 2 saturated heterocycles. The van der Waals surface area contributed by atoms with E-state index >= 15 is 0 Å². The van der Waals surface area contributed by atoms with Crippen LogP contribution in [-0.2, 0) is 16.4 Å². The third-order valence-electron chi connectivity index (χ3n) is 6.07. The monoisotopic (exact) mass is 499 g/mol. The highest BCUT2D eigenvalue weighted by Gasteiger charge is 2.34. The summed E-state index contributed by atoms with van der Waals surface area (Å²) in [5.41, 5.74) is -0.311. The molecule has 1 aromatic heterocycles. The van der Waals surface area contributed by atoms with E-state index in [4.69, 9.17) is 11.6 Å². The van der Waals surface area contributed by atoms with Gasteiger partial charge >= 0.3 is 6.03 Å². The van der Waals surface area contributed by atoms with Crippen molar-refractivity contribution in [1.82, 2.24) is 19.8 Å². The van der Waals surface area contributed by atoms with Crippen LogP contribution >= 0.6 is 11.6 Å². The number of halogens is 3. The van der Waals surface area contributed by atoms with E-state index < -0.39 is 26.4 Å². The predicted octanol–water partition coefficient (Wildman–Crippen LogP) is 3.11. The van der Waals surface area contributed by atoms with Crippen molar-refractivity contribution in [2.45, 2.75) is 36.7 Å². The number of piperidine rings is 1. The molecule has 8 nitrogen and oxygen atoms in total. The molecule has 12 heteroatoms. The molecule has 0 bridgehead atoms. The Labute approximate surface area is 196 Å². The van der Waals surface area contributed by atoms with Crippen LogP contribution in [0.15, 0.2) is 29.4 Å². The first-order chi connectivity index (χ1) is 15.6. The molecule has 1 aromatic carbocycles. The molecular formula is C21H24ClF2N5O3S. The van der Waals surface area contributed by atoms with Crippen molar-refractivity contribution >= 4 is 33.3 Å². The molecule has 0 spiro atoms. The fraction of sp³-hybridized carbons (Fsp3) is 0.476. The molecule has 2 fully saturated rings. The van der Waals surface area contributed by atoms with Crippen LogP contribution in [-0.4, -0.2) is 72.7 Å². The first-order valence-corrected chi connectivity index (χ1v) is 12.9. The number of aromatic nitrogens is 2. The zero-order valence-electron chi connectivity index (χ0n) is 18.0. The smallest absolute Gasteiger partial charge is 0.320 e. The molecule has 2 aliphatic rings. The Hall–Kier alpha value is -2.53. The Kier molecular flexibility index (Phi) is 6.71. The number of nitrogens with zero attached hydrogens (tertiary/aromatic N) is 5. The number of hydrogen-bond acceptors (Lipinski definition) is 6. The Balaban J connectivity index is 1.42. The minimum atomic E-state index is -3.75. The van der Waals surface area contributed by atoms with Crippen molar-refractivity contribution in [2.75, 3.05) is 37.3 Å². The van der Waals surface area contributed by atoms with E-state index in [9.17, 15) is 22.0 Å². The number of sulfone groups is 1. The molecule has 2 amide bonds. The average Bonchev–Trinajstić information content (AvgIpc) is 2.77. The van der Waals surface area contributed by atoms with E-state index in [1.165, 1.54) is 11.1 Å². The van der Waals surface area contributed by atoms with Crippen LogP contribution < -0.4 is 4.90 Å². The van der Waals surface area contributed by atoms with Gasteiger partial charge in [0.2, 0.25) is 0 Å². The van der Waals surface area contributed by atoms with Crippen LogP contribution in [0.1, 0.15) is 24.8 Å². The molecule has 0 radical (unpaired) electrons. The topological polar surface area (TPSA) is 86.7 Å². The zero-order valence-corrected chi connectivity index (χ0v) is 19.6. The molecule has 3 heterocycles. The maximum atomic E-state index is 14.5. The number of carbonyl (C=O) groups excluding carboxylic acids is 1. The van der Waals surface area contributed by atoms with Gasteiger partial charge in [0.05, 0.1) is 23.8 Å². The van der Waals surface area contributed by atoms with E-state index in [0.717, 1.165) is 37.0 Å². The minimum absolute atomic E-state index is 0.0131. The number of urea groups is 1. The SMILES string of the molecule is CS(=O)(=O)c1cc(F)c(CN2CCCN(C3CCN(c4cnc(Cl)cn4)CC3)C2=O)c(F)c1. The lowest BCUT2D eigenvalue weighted by Gasteiger charge is -2.43. The summed E-state index contributed by atoms with van der Waals surface area (Å²) in [4.78, 5) is 26.3. The fourth-order valence-electron chi connectivity index (χ4n) is 4.30. The second-order valence-corrected chi connectivity index (χ2v) is 10.7. The van der Waals surface area contributed by atoms with Crippen LogP contribution in [0.4, 0.5) is 19.4 Å². The Morgan fingerprint density at radius 1 is 1.06 bits per heavy atom. The van der Waals surface area contributed by atoms with Gasteiger partial charge in [0.1, 0.15) is 22.6 Å². The summed E-state index contributed by atoms with van der Waals surface area (Å²) < 4.78 is 52.3. The standard InChI is InChI=1S/C21H24ClF2N5O3S/c1-33(31,32)15-9-17(23)16(18(24)10-15)13-28-5-2-6-29(21(28)30)14-3-7-27(8-4-14)20-12-25-19(22)11-26-20/h9-12,14H,2-8,13H2,1H3. The van der Waals surface area contributed by atoms with Gasteiger partial charge in [-0.3, -0.25) is 0 Å². The molecule has 33 heavy (non-hydrogen) atoms. The molecule has 0 aliphatic carbocycles. The van der Waals surface area contributed by atoms with Gasteiger partial charge in [-0.05, 0) is 31.4 Å². The maximum Gasteiger partial charge on any atom is 0.320 e. The fourth-order valence-corrected chi connectivity index (χ4v) is 5.03. The summed E-state index contributed by atoms with van der Waals surface area (Å²) in [6, 6.07) is 1.35. The van der Waals surface area contributed by atoms with Crippen molar-refractivity contribution in [3.63, 3.8) is 0 Å². The summed E-state index contributed by atoms with van der Waals surface area (Å²) in [6.45, 7) is 2.10. The largest absolute Gasteiger partial charge is 0.355 e. The molecule has 0 atom stereocenters. The average molecular weight is 500 g/mol. The Bertz CT molecular complexity index is 1120. The number of rotatable bonds is 5. The van der Waals surface area contributed by atoms with Crippen molar-refractivity contribution in [2.24, 2.45) is 0 Å². The summed E-state index contributed by atoms with van der Waals surface area (Å²) in [5, 5.41) is 0.325. The number of carbonyl (C=O) groups is 1. The number of benzene rings is 1. The van der Waals surface area contributed by atoms with Crippen molar-refractivity contribution < 1.29 is 22.0 Å². The van der Waals surface area contributed by atoms with Crippen LogP contribution in [0.2, 0.25) is 5.15 Å². The molecule has 0 saturated carbocycles. The van der Waals surface area contributed by atoms with Gasteiger partial charge in [0, 0.05) is 44.0 Å². The van der Waals surface area contributed by atoms with Crippen LogP contribution in [0.25, 0.3) is 0 Å². The Morgan fingerprint density at radius 2 is 1.73 bits per heavy atom. The van der Waals surface area contributed by atoms with E-state index in [2.05, 4.69) is 14.9 Å². The molecule has 4 rings (SSSR count). The normalized spacial score (nSPS) is 18.2. The third kappa shape index (κ3) is 5.19. The predicted molar refractivity (Wildman–Crippen MR) is 119 cm³/mol. The van der Waals surface area contributed by atoms with Gasteiger partial charge in [-0.2, -0.15) is 0 Å². The molecule has 178 valence electrons.